The van der Waals surface area contributed by atoms with Gasteiger partial charge in [-0.3, -0.25) is 9.97 Å². The number of anilines is 2. The topological polar surface area (TPSA) is 88.0 Å². The number of pyridine rings is 2. The Morgan fingerprint density at radius 1 is 1.07 bits per heavy atom. The average molecular weight is 589 g/mol. The van der Waals surface area contributed by atoms with Gasteiger partial charge in [0.25, 0.3) is 0 Å². The van der Waals surface area contributed by atoms with E-state index in [1.54, 1.807) is 0 Å². The summed E-state index contributed by atoms with van der Waals surface area (Å²) < 4.78 is 12.2. The van der Waals surface area contributed by atoms with Crippen molar-refractivity contribution in [1.29, 1.82) is 0 Å². The quantitative estimate of drug-likeness (QED) is 0.267. The number of rotatable bonds is 10. The van der Waals surface area contributed by atoms with Crippen LogP contribution in [-0.4, -0.2) is 59.9 Å². The molecule has 0 amide bonds. The fourth-order valence-electron chi connectivity index (χ4n) is 5.53. The van der Waals surface area contributed by atoms with Crippen molar-refractivity contribution in [3.05, 3.63) is 65.1 Å². The van der Waals surface area contributed by atoms with E-state index in [1.165, 1.54) is 5.56 Å². The van der Waals surface area contributed by atoms with Crippen molar-refractivity contribution in [3.63, 3.8) is 0 Å². The zero-order chi connectivity index (χ0) is 31.5. The number of aryl methyl sites for hydroxylation is 3. The molecule has 1 atom stereocenters. The molecule has 1 aliphatic heterocycles. The first-order valence-corrected chi connectivity index (χ1v) is 15.2. The molecule has 232 valence electrons. The summed E-state index contributed by atoms with van der Waals surface area (Å²) in [6.45, 7) is 19.1. The van der Waals surface area contributed by atoms with Gasteiger partial charge >= 0.3 is 5.97 Å². The lowest BCUT2D eigenvalue weighted by atomic mass is 9.82. The number of nitrogens with zero attached hydrogens (tertiary/aromatic N) is 4. The van der Waals surface area contributed by atoms with E-state index in [0.29, 0.717) is 24.4 Å². The third-order valence-electron chi connectivity index (χ3n) is 8.16. The van der Waals surface area contributed by atoms with E-state index in [-0.39, 0.29) is 5.41 Å². The second-order valence-corrected chi connectivity index (χ2v) is 13.6. The van der Waals surface area contributed by atoms with Gasteiger partial charge < -0.3 is 24.4 Å². The number of carbonyl (C=O) groups is 1. The number of aliphatic carboxylic acids is 1. The number of hydrogen-bond donors (Lipinski definition) is 1. The van der Waals surface area contributed by atoms with E-state index in [1.807, 2.05) is 65.3 Å². The Bertz CT molecular complexity index is 1420. The minimum atomic E-state index is -1.15. The van der Waals surface area contributed by atoms with Crippen LogP contribution in [0.5, 0.6) is 5.75 Å². The van der Waals surface area contributed by atoms with Crippen molar-refractivity contribution >= 4 is 17.3 Å². The van der Waals surface area contributed by atoms with Crippen LogP contribution in [0.4, 0.5) is 11.4 Å². The summed E-state index contributed by atoms with van der Waals surface area (Å²) in [7, 11) is 2.02. The maximum atomic E-state index is 12.6. The Morgan fingerprint density at radius 2 is 1.77 bits per heavy atom. The third-order valence-corrected chi connectivity index (χ3v) is 8.16. The Morgan fingerprint density at radius 3 is 2.35 bits per heavy atom. The van der Waals surface area contributed by atoms with E-state index < -0.39 is 17.7 Å². The van der Waals surface area contributed by atoms with Gasteiger partial charge in [-0.15, -0.1) is 0 Å². The minimum absolute atomic E-state index is 0.235. The highest BCUT2D eigenvalue weighted by Crippen LogP contribution is 2.43. The Labute approximate surface area is 257 Å². The zero-order valence-corrected chi connectivity index (χ0v) is 27.3. The Kier molecular flexibility index (Phi) is 9.70. The highest BCUT2D eigenvalue weighted by molar-refractivity contribution is 5.85. The molecule has 8 heteroatoms. The monoisotopic (exact) mass is 588 g/mol. The predicted molar refractivity (Wildman–Crippen MR) is 173 cm³/mol. The van der Waals surface area contributed by atoms with Gasteiger partial charge in [0, 0.05) is 43.2 Å². The summed E-state index contributed by atoms with van der Waals surface area (Å²) in [5, 5.41) is 10.3. The molecule has 0 aliphatic carbocycles. The highest BCUT2D eigenvalue weighted by Gasteiger charge is 2.36. The Hall–Kier alpha value is -3.65. The van der Waals surface area contributed by atoms with Crippen LogP contribution >= 0.6 is 0 Å². The number of likely N-dealkylation sites (N-methyl/N-ethyl adjacent to an activating group) is 1. The minimum Gasteiger partial charge on any atom is -0.491 e. The number of piperidine rings is 1. The molecule has 1 saturated heterocycles. The lowest BCUT2D eigenvalue weighted by molar-refractivity contribution is -0.160. The van der Waals surface area contributed by atoms with E-state index in [4.69, 9.17) is 14.5 Å². The molecule has 0 spiro atoms. The van der Waals surface area contributed by atoms with E-state index in [9.17, 15) is 9.90 Å². The summed E-state index contributed by atoms with van der Waals surface area (Å²) >= 11 is 0. The molecule has 0 bridgehead atoms. The Balaban J connectivity index is 1.64. The van der Waals surface area contributed by atoms with Crippen LogP contribution in [0.15, 0.2) is 42.7 Å². The molecular weight excluding hydrogens is 540 g/mol. The maximum Gasteiger partial charge on any atom is 0.337 e. The van der Waals surface area contributed by atoms with E-state index >= 15 is 0 Å². The third kappa shape index (κ3) is 8.05. The molecular formula is C35H48N4O4. The van der Waals surface area contributed by atoms with Crippen LogP contribution < -0.4 is 14.5 Å². The number of ether oxygens (including phenoxy) is 2. The smallest absolute Gasteiger partial charge is 0.337 e. The molecule has 8 nitrogen and oxygen atoms in total. The number of carboxylic acids is 1. The summed E-state index contributed by atoms with van der Waals surface area (Å²) in [4.78, 5) is 26.6. The number of hydrogen-bond acceptors (Lipinski definition) is 7. The van der Waals surface area contributed by atoms with Gasteiger partial charge in [-0.05, 0) is 83.6 Å². The predicted octanol–water partition coefficient (Wildman–Crippen LogP) is 7.15. The first-order valence-electron chi connectivity index (χ1n) is 15.2. The largest absolute Gasteiger partial charge is 0.491 e. The molecule has 1 aromatic carbocycles. The van der Waals surface area contributed by atoms with Crippen LogP contribution in [0.3, 0.4) is 0 Å². The molecule has 2 aromatic heterocycles. The lowest BCUT2D eigenvalue weighted by Gasteiger charge is -2.40. The summed E-state index contributed by atoms with van der Waals surface area (Å²) in [5.74, 6) is -0.123. The summed E-state index contributed by atoms with van der Waals surface area (Å²) in [6.07, 6.45) is 4.54. The van der Waals surface area contributed by atoms with Crippen LogP contribution in [0.2, 0.25) is 0 Å². The van der Waals surface area contributed by atoms with Gasteiger partial charge in [0.05, 0.1) is 35.4 Å². The molecule has 1 fully saturated rings. The van der Waals surface area contributed by atoms with Crippen molar-refractivity contribution in [2.75, 3.05) is 43.1 Å². The zero-order valence-electron chi connectivity index (χ0n) is 27.3. The molecule has 1 aliphatic rings. The van der Waals surface area contributed by atoms with Gasteiger partial charge in [-0.25, -0.2) is 4.79 Å². The van der Waals surface area contributed by atoms with Crippen LogP contribution in [-0.2, 0) is 9.53 Å². The first-order chi connectivity index (χ1) is 20.1. The normalized spacial score (nSPS) is 15.7. The first kappa shape index (κ1) is 32.3. The molecule has 0 unspecified atom stereocenters. The number of aromatic nitrogens is 2. The van der Waals surface area contributed by atoms with Gasteiger partial charge in [0.2, 0.25) is 0 Å². The van der Waals surface area contributed by atoms with Crippen molar-refractivity contribution in [2.24, 2.45) is 5.41 Å². The molecule has 3 heterocycles. The molecule has 3 aromatic rings. The van der Waals surface area contributed by atoms with Gasteiger partial charge in [-0.2, -0.15) is 0 Å². The molecule has 4 rings (SSSR count). The summed E-state index contributed by atoms with van der Waals surface area (Å²) in [5.41, 5.74) is 6.57. The second kappa shape index (κ2) is 12.9. The fourth-order valence-corrected chi connectivity index (χ4v) is 5.53. The standard InChI is InChI=1S/C35H48N4O4/c1-23-10-13-29(24(2)20-23)42-19-18-38(9)26-11-12-28(37-21-26)27-22-36-25(3)30(32(33(40)41)43-34(4,5)6)31(27)39-16-14-35(7,8)15-17-39/h10-13,20-22,32H,14-19H2,1-9H3,(H,40,41)/t32-/m0/s1. The maximum absolute atomic E-state index is 12.6. The average Bonchev–Trinajstić information content (AvgIpc) is 2.92. The molecule has 0 radical (unpaired) electrons. The SMILES string of the molecule is Cc1ccc(OCCN(C)c2ccc(-c3cnc(C)c([C@H](OC(C)(C)C)C(=O)O)c3N3CCC(C)(C)CC3)nc2)c(C)c1. The van der Waals surface area contributed by atoms with Crippen molar-refractivity contribution in [3.8, 4) is 17.0 Å². The van der Waals surface area contributed by atoms with Gasteiger partial charge in [0.15, 0.2) is 6.10 Å². The van der Waals surface area contributed by atoms with Gasteiger partial charge in [-0.1, -0.05) is 31.5 Å². The van der Waals surface area contributed by atoms with Crippen molar-refractivity contribution in [2.45, 2.75) is 79.9 Å². The van der Waals surface area contributed by atoms with Crippen LogP contribution in [0, 0.1) is 26.2 Å². The van der Waals surface area contributed by atoms with Gasteiger partial charge in [0.1, 0.15) is 12.4 Å². The molecule has 1 N–H and O–H groups in total. The number of carboxylic acid groups (broad SMARTS) is 1. The van der Waals surface area contributed by atoms with E-state index in [0.717, 1.165) is 59.9 Å². The highest BCUT2D eigenvalue weighted by atomic mass is 16.5. The molecule has 0 saturated carbocycles. The van der Waals surface area contributed by atoms with Crippen LogP contribution in [0.25, 0.3) is 11.3 Å². The fraction of sp³-hybridized carbons (Fsp3) is 0.514. The molecule has 43 heavy (non-hydrogen) atoms. The van der Waals surface area contributed by atoms with Crippen molar-refractivity contribution in [1.82, 2.24) is 9.97 Å². The summed E-state index contributed by atoms with van der Waals surface area (Å²) in [6, 6.07) is 10.2. The van der Waals surface area contributed by atoms with E-state index in [2.05, 4.69) is 54.6 Å². The second-order valence-electron chi connectivity index (χ2n) is 13.6. The lowest BCUT2D eigenvalue weighted by Crippen LogP contribution is -2.39. The van der Waals surface area contributed by atoms with Crippen LogP contribution in [0.1, 0.15) is 75.9 Å². The number of benzene rings is 1. The van der Waals surface area contributed by atoms with Crippen molar-refractivity contribution < 1.29 is 19.4 Å².